The van der Waals surface area contributed by atoms with Crippen LogP contribution in [0.3, 0.4) is 0 Å². The molecule has 0 saturated carbocycles. The van der Waals surface area contributed by atoms with Crippen LogP contribution < -0.4 is 10.1 Å². The zero-order valence-corrected chi connectivity index (χ0v) is 13.4. The van der Waals surface area contributed by atoms with E-state index in [1.807, 2.05) is 30.3 Å². The van der Waals surface area contributed by atoms with Crippen molar-refractivity contribution in [3.63, 3.8) is 0 Å². The molecule has 0 radical (unpaired) electrons. The van der Waals surface area contributed by atoms with Crippen molar-refractivity contribution in [2.75, 3.05) is 12.4 Å². The van der Waals surface area contributed by atoms with Gasteiger partial charge in [0.2, 0.25) is 0 Å². The third-order valence-electron chi connectivity index (χ3n) is 3.31. The Morgan fingerprint density at radius 1 is 1.25 bits per heavy atom. The minimum absolute atomic E-state index is 0.0745. The highest BCUT2D eigenvalue weighted by atomic mass is 35.5. The number of ether oxygens (including phenoxy) is 1. The summed E-state index contributed by atoms with van der Waals surface area (Å²) in [4.78, 5) is 12.4. The first-order chi connectivity index (χ1) is 11.6. The molecule has 24 heavy (non-hydrogen) atoms. The molecule has 1 heterocycles. The van der Waals surface area contributed by atoms with Crippen molar-refractivity contribution in [1.29, 1.82) is 0 Å². The van der Waals surface area contributed by atoms with Crippen LogP contribution in [-0.2, 0) is 0 Å². The summed E-state index contributed by atoms with van der Waals surface area (Å²) in [6.45, 7) is 0. The molecule has 5 nitrogen and oxygen atoms in total. The number of nitrogens with one attached hydrogen (secondary N) is 1. The average molecular weight is 346 g/mol. The Balaban J connectivity index is 1.89. The Morgan fingerprint density at radius 2 is 2.00 bits per heavy atom. The first-order valence-corrected chi connectivity index (χ1v) is 7.42. The third kappa shape index (κ3) is 3.23. The van der Waals surface area contributed by atoms with E-state index in [1.54, 1.807) is 10.9 Å². The van der Waals surface area contributed by atoms with E-state index in [9.17, 15) is 9.18 Å². The number of halogens is 2. The highest BCUT2D eigenvalue weighted by Crippen LogP contribution is 2.23. The largest absolute Gasteiger partial charge is 0.493 e. The lowest BCUT2D eigenvalue weighted by atomic mass is 10.3. The van der Waals surface area contributed by atoms with Gasteiger partial charge in [-0.15, -0.1) is 0 Å². The van der Waals surface area contributed by atoms with Crippen LogP contribution in [0.15, 0.2) is 54.7 Å². The number of hydrogen-bond acceptors (Lipinski definition) is 3. The molecule has 3 rings (SSSR count). The van der Waals surface area contributed by atoms with Crippen LogP contribution in [0.2, 0.25) is 5.02 Å². The summed E-state index contributed by atoms with van der Waals surface area (Å²) >= 11 is 5.72. The molecule has 1 aromatic heterocycles. The normalized spacial score (nSPS) is 10.5. The van der Waals surface area contributed by atoms with Crippen molar-refractivity contribution in [2.45, 2.75) is 0 Å². The number of hydrogen-bond donors (Lipinski definition) is 1. The number of amides is 1. The van der Waals surface area contributed by atoms with Crippen LogP contribution in [0.25, 0.3) is 5.69 Å². The van der Waals surface area contributed by atoms with Crippen LogP contribution in [-0.4, -0.2) is 22.8 Å². The number of benzene rings is 2. The number of carbonyl (C=O) groups excluding carboxylic acids is 1. The van der Waals surface area contributed by atoms with Gasteiger partial charge in [-0.1, -0.05) is 29.8 Å². The highest BCUT2D eigenvalue weighted by molar-refractivity contribution is 6.31. The minimum Gasteiger partial charge on any atom is -0.493 e. The van der Waals surface area contributed by atoms with Gasteiger partial charge >= 0.3 is 0 Å². The summed E-state index contributed by atoms with van der Waals surface area (Å²) in [6.07, 6.45) is 1.61. The predicted octanol–water partition coefficient (Wildman–Crippen LogP) is 3.93. The van der Waals surface area contributed by atoms with Gasteiger partial charge in [0.05, 0.1) is 24.0 Å². The Labute approximate surface area is 142 Å². The number of anilines is 1. The molecular formula is C17H13ClFN3O2. The second-order valence-electron chi connectivity index (χ2n) is 4.91. The van der Waals surface area contributed by atoms with Crippen molar-refractivity contribution >= 4 is 23.2 Å². The molecule has 0 aliphatic heterocycles. The van der Waals surface area contributed by atoms with Crippen molar-refractivity contribution in [1.82, 2.24) is 9.78 Å². The standard InChI is InChI=1S/C17H13ClFN3O2/c1-24-15-10-22(12-5-3-2-4-6-12)21-16(15)17(23)20-11-7-8-14(19)13(18)9-11/h2-10H,1H3,(H,20,23). The second-order valence-corrected chi connectivity index (χ2v) is 5.32. The van der Waals surface area contributed by atoms with Gasteiger partial charge in [0.25, 0.3) is 5.91 Å². The summed E-state index contributed by atoms with van der Waals surface area (Å²) in [7, 11) is 1.46. The zero-order valence-electron chi connectivity index (χ0n) is 12.7. The molecule has 0 aliphatic rings. The predicted molar refractivity (Wildman–Crippen MR) is 89.5 cm³/mol. The molecule has 0 atom stereocenters. The van der Waals surface area contributed by atoms with Crippen molar-refractivity contribution < 1.29 is 13.9 Å². The summed E-state index contributed by atoms with van der Waals surface area (Å²) in [6, 6.07) is 13.2. The molecule has 0 spiro atoms. The fourth-order valence-corrected chi connectivity index (χ4v) is 2.32. The van der Waals surface area contributed by atoms with Gasteiger partial charge in [-0.05, 0) is 30.3 Å². The van der Waals surface area contributed by atoms with Crippen LogP contribution in [0.1, 0.15) is 10.5 Å². The lowest BCUT2D eigenvalue weighted by molar-refractivity contribution is 0.101. The van der Waals surface area contributed by atoms with Gasteiger partial charge in [0, 0.05) is 5.69 Å². The van der Waals surface area contributed by atoms with E-state index in [2.05, 4.69) is 10.4 Å². The molecule has 0 aliphatic carbocycles. The van der Waals surface area contributed by atoms with Crippen LogP contribution in [0.5, 0.6) is 5.75 Å². The Hall–Kier alpha value is -2.86. The van der Waals surface area contributed by atoms with Crippen LogP contribution in [0, 0.1) is 5.82 Å². The fourth-order valence-electron chi connectivity index (χ4n) is 2.14. The summed E-state index contributed by atoms with van der Waals surface area (Å²) in [5.74, 6) is -0.714. The number of methoxy groups -OCH3 is 1. The maximum atomic E-state index is 13.2. The fraction of sp³-hybridized carbons (Fsp3) is 0.0588. The average Bonchev–Trinajstić information content (AvgIpc) is 3.03. The Bertz CT molecular complexity index is 881. The molecule has 2 aromatic carbocycles. The van der Waals surface area contributed by atoms with Crippen molar-refractivity contribution in [2.24, 2.45) is 0 Å². The summed E-state index contributed by atoms with van der Waals surface area (Å²) in [5.41, 5.74) is 1.27. The van der Waals surface area contributed by atoms with Gasteiger partial charge in [-0.25, -0.2) is 9.07 Å². The van der Waals surface area contributed by atoms with Gasteiger partial charge in [0.1, 0.15) is 5.82 Å². The minimum atomic E-state index is -0.555. The third-order valence-corrected chi connectivity index (χ3v) is 3.60. The van der Waals surface area contributed by atoms with E-state index < -0.39 is 11.7 Å². The molecule has 122 valence electrons. The SMILES string of the molecule is COc1cn(-c2ccccc2)nc1C(=O)Nc1ccc(F)c(Cl)c1. The molecule has 1 N–H and O–H groups in total. The van der Waals surface area contributed by atoms with Crippen molar-refractivity contribution in [3.8, 4) is 11.4 Å². The van der Waals surface area contributed by atoms with E-state index in [0.717, 1.165) is 5.69 Å². The smallest absolute Gasteiger partial charge is 0.280 e. The van der Waals surface area contributed by atoms with E-state index in [-0.39, 0.29) is 10.7 Å². The van der Waals surface area contributed by atoms with Crippen LogP contribution >= 0.6 is 11.6 Å². The Kier molecular flexibility index (Phi) is 4.48. The number of carbonyl (C=O) groups is 1. The number of nitrogens with zero attached hydrogens (tertiary/aromatic N) is 2. The molecule has 1 amide bonds. The number of para-hydroxylation sites is 1. The van der Waals surface area contributed by atoms with Gasteiger partial charge in [0.15, 0.2) is 11.4 Å². The molecule has 0 unspecified atom stereocenters. The second kappa shape index (κ2) is 6.72. The molecule has 0 saturated heterocycles. The van der Waals surface area contributed by atoms with E-state index in [4.69, 9.17) is 16.3 Å². The summed E-state index contributed by atoms with van der Waals surface area (Å²) in [5, 5.41) is 6.81. The number of aromatic nitrogens is 2. The van der Waals surface area contributed by atoms with Crippen molar-refractivity contribution in [3.05, 3.63) is 71.3 Å². The quantitative estimate of drug-likeness (QED) is 0.779. The molecule has 3 aromatic rings. The van der Waals surface area contributed by atoms with E-state index in [0.29, 0.717) is 11.4 Å². The molecule has 0 fully saturated rings. The maximum absolute atomic E-state index is 13.2. The van der Waals surface area contributed by atoms with E-state index in [1.165, 1.54) is 25.3 Å². The monoisotopic (exact) mass is 345 g/mol. The van der Waals surface area contributed by atoms with Gasteiger partial charge in [-0.2, -0.15) is 5.10 Å². The lowest BCUT2D eigenvalue weighted by Crippen LogP contribution is -2.14. The lowest BCUT2D eigenvalue weighted by Gasteiger charge is -2.05. The first kappa shape index (κ1) is 16.0. The van der Waals surface area contributed by atoms with Gasteiger partial charge < -0.3 is 10.1 Å². The molecule has 0 bridgehead atoms. The molecule has 7 heteroatoms. The Morgan fingerprint density at radius 3 is 2.67 bits per heavy atom. The molecular weight excluding hydrogens is 333 g/mol. The van der Waals surface area contributed by atoms with Gasteiger partial charge in [-0.3, -0.25) is 4.79 Å². The number of rotatable bonds is 4. The van der Waals surface area contributed by atoms with Crippen LogP contribution in [0.4, 0.5) is 10.1 Å². The van der Waals surface area contributed by atoms with E-state index >= 15 is 0 Å². The maximum Gasteiger partial charge on any atom is 0.280 e. The highest BCUT2D eigenvalue weighted by Gasteiger charge is 2.19. The first-order valence-electron chi connectivity index (χ1n) is 7.04. The topological polar surface area (TPSA) is 56.2 Å². The zero-order chi connectivity index (χ0) is 17.1. The summed E-state index contributed by atoms with van der Waals surface area (Å²) < 4.78 is 20.0.